The van der Waals surface area contributed by atoms with Crippen molar-refractivity contribution in [3.05, 3.63) is 28.5 Å². The summed E-state index contributed by atoms with van der Waals surface area (Å²) in [7, 11) is 0. The van der Waals surface area contributed by atoms with Gasteiger partial charge in [0.15, 0.2) is 11.6 Å². The lowest BCUT2D eigenvalue weighted by molar-refractivity contribution is 0.142. The van der Waals surface area contributed by atoms with Crippen LogP contribution in [0.2, 0.25) is 5.02 Å². The van der Waals surface area contributed by atoms with Crippen molar-refractivity contribution < 1.29 is 14.2 Å². The van der Waals surface area contributed by atoms with Crippen molar-refractivity contribution in [3.63, 3.8) is 0 Å². The summed E-state index contributed by atoms with van der Waals surface area (Å²) in [5.41, 5.74) is 0.736. The molecule has 1 heterocycles. The molecule has 0 bridgehead atoms. The Labute approximate surface area is 86.3 Å². The van der Waals surface area contributed by atoms with Gasteiger partial charge in [-0.3, -0.25) is 0 Å². The highest BCUT2D eigenvalue weighted by molar-refractivity contribution is 6.30. The van der Waals surface area contributed by atoms with E-state index in [2.05, 4.69) is 0 Å². The van der Waals surface area contributed by atoms with Crippen molar-refractivity contribution in [2.45, 2.75) is 6.42 Å². The van der Waals surface area contributed by atoms with Gasteiger partial charge in [0.1, 0.15) is 0 Å². The van der Waals surface area contributed by atoms with Gasteiger partial charge in [-0.2, -0.15) is 0 Å². The van der Waals surface area contributed by atoms with Gasteiger partial charge < -0.3 is 9.84 Å². The predicted octanol–water partition coefficient (Wildman–Crippen LogP) is 2.02. The minimum atomic E-state index is -0.427. The maximum absolute atomic E-state index is 13.3. The number of aliphatic hydroxyl groups excluding tert-OH is 1. The van der Waals surface area contributed by atoms with Crippen LogP contribution in [0.15, 0.2) is 12.1 Å². The molecule has 0 aromatic heterocycles. The van der Waals surface area contributed by atoms with E-state index in [0.29, 0.717) is 18.1 Å². The van der Waals surface area contributed by atoms with E-state index >= 15 is 0 Å². The number of ether oxygens (including phenoxy) is 1. The molecule has 2 rings (SSSR count). The fraction of sp³-hybridized carbons (Fsp3) is 0.400. The molecule has 1 unspecified atom stereocenters. The van der Waals surface area contributed by atoms with Gasteiger partial charge in [0.2, 0.25) is 0 Å². The molecule has 1 aromatic rings. The van der Waals surface area contributed by atoms with Crippen LogP contribution in [0, 0.1) is 11.7 Å². The molecule has 0 amide bonds. The van der Waals surface area contributed by atoms with Crippen LogP contribution in [-0.4, -0.2) is 18.3 Å². The Morgan fingerprint density at radius 1 is 1.57 bits per heavy atom. The lowest BCUT2D eigenvalue weighted by Crippen LogP contribution is -2.24. The molecule has 0 fully saturated rings. The second-order valence-electron chi connectivity index (χ2n) is 3.44. The molecule has 0 saturated heterocycles. The summed E-state index contributed by atoms with van der Waals surface area (Å²) >= 11 is 5.71. The molecule has 14 heavy (non-hydrogen) atoms. The van der Waals surface area contributed by atoms with Crippen molar-refractivity contribution >= 4 is 11.6 Å². The van der Waals surface area contributed by atoms with Crippen LogP contribution in [0.3, 0.4) is 0 Å². The van der Waals surface area contributed by atoms with Gasteiger partial charge in [0.25, 0.3) is 0 Å². The number of fused-ring (bicyclic) bond motifs is 1. The van der Waals surface area contributed by atoms with Gasteiger partial charge in [-0.1, -0.05) is 11.6 Å². The molecular weight excluding hydrogens is 207 g/mol. The van der Waals surface area contributed by atoms with Gasteiger partial charge in [-0.25, -0.2) is 4.39 Å². The summed E-state index contributed by atoms with van der Waals surface area (Å²) in [6, 6.07) is 2.92. The molecular formula is C10H10ClFO2. The highest BCUT2D eigenvalue weighted by Crippen LogP contribution is 2.32. The molecule has 2 nitrogen and oxygen atoms in total. The Balaban J connectivity index is 2.37. The lowest BCUT2D eigenvalue weighted by Gasteiger charge is -2.24. The Bertz CT molecular complexity index is 354. The zero-order valence-corrected chi connectivity index (χ0v) is 8.22. The zero-order valence-electron chi connectivity index (χ0n) is 7.46. The number of benzene rings is 1. The number of rotatable bonds is 1. The highest BCUT2D eigenvalue weighted by atomic mass is 35.5. The monoisotopic (exact) mass is 216 g/mol. The van der Waals surface area contributed by atoms with Crippen molar-refractivity contribution in [1.29, 1.82) is 0 Å². The molecule has 1 aliphatic rings. The molecule has 0 saturated carbocycles. The van der Waals surface area contributed by atoms with E-state index in [9.17, 15) is 4.39 Å². The van der Waals surface area contributed by atoms with Crippen LogP contribution in [0.5, 0.6) is 5.75 Å². The average Bonchev–Trinajstić information content (AvgIpc) is 2.16. The first-order valence-electron chi connectivity index (χ1n) is 4.42. The van der Waals surface area contributed by atoms with E-state index < -0.39 is 5.82 Å². The van der Waals surface area contributed by atoms with E-state index in [1.54, 1.807) is 6.07 Å². The molecule has 1 aromatic carbocycles. The van der Waals surface area contributed by atoms with Gasteiger partial charge in [0.05, 0.1) is 6.61 Å². The van der Waals surface area contributed by atoms with E-state index in [4.69, 9.17) is 21.4 Å². The van der Waals surface area contributed by atoms with Crippen molar-refractivity contribution in [2.75, 3.05) is 13.2 Å². The van der Waals surface area contributed by atoms with E-state index in [1.165, 1.54) is 6.07 Å². The summed E-state index contributed by atoms with van der Waals surface area (Å²) in [4.78, 5) is 0. The summed E-state index contributed by atoms with van der Waals surface area (Å²) in [5, 5.41) is 9.31. The number of aliphatic hydroxyl groups is 1. The van der Waals surface area contributed by atoms with Gasteiger partial charge in [-0.05, 0) is 24.1 Å². The fourth-order valence-corrected chi connectivity index (χ4v) is 1.84. The maximum Gasteiger partial charge on any atom is 0.166 e. The molecule has 0 aliphatic carbocycles. The first-order chi connectivity index (χ1) is 6.70. The Hall–Kier alpha value is -0.800. The summed E-state index contributed by atoms with van der Waals surface area (Å²) in [6.07, 6.45) is 0.614. The molecule has 1 aliphatic heterocycles. The first-order valence-corrected chi connectivity index (χ1v) is 4.80. The third-order valence-corrected chi connectivity index (χ3v) is 2.53. The molecule has 76 valence electrons. The largest absolute Gasteiger partial charge is 0.490 e. The smallest absolute Gasteiger partial charge is 0.166 e. The number of halogens is 2. The van der Waals surface area contributed by atoms with Crippen LogP contribution in [0.25, 0.3) is 0 Å². The standard InChI is InChI=1S/C10H10ClFO2/c11-8-2-7-1-6(4-13)5-14-10(7)9(12)3-8/h2-3,6,13H,1,4-5H2. The lowest BCUT2D eigenvalue weighted by atomic mass is 9.97. The molecule has 4 heteroatoms. The van der Waals surface area contributed by atoms with Crippen LogP contribution in [-0.2, 0) is 6.42 Å². The highest BCUT2D eigenvalue weighted by Gasteiger charge is 2.22. The number of hydrogen-bond donors (Lipinski definition) is 1. The van der Waals surface area contributed by atoms with E-state index in [-0.39, 0.29) is 18.3 Å². The van der Waals surface area contributed by atoms with Crippen LogP contribution in [0.1, 0.15) is 5.56 Å². The van der Waals surface area contributed by atoms with E-state index in [1.807, 2.05) is 0 Å². The maximum atomic E-state index is 13.3. The van der Waals surface area contributed by atoms with Crippen LogP contribution >= 0.6 is 11.6 Å². The predicted molar refractivity (Wildman–Crippen MR) is 51.2 cm³/mol. The number of hydrogen-bond acceptors (Lipinski definition) is 2. The van der Waals surface area contributed by atoms with Gasteiger partial charge in [-0.15, -0.1) is 0 Å². The Morgan fingerprint density at radius 2 is 2.36 bits per heavy atom. The Morgan fingerprint density at radius 3 is 3.07 bits per heavy atom. The molecule has 0 radical (unpaired) electrons. The second-order valence-corrected chi connectivity index (χ2v) is 3.88. The third-order valence-electron chi connectivity index (χ3n) is 2.32. The third kappa shape index (κ3) is 1.70. The second kappa shape index (κ2) is 3.75. The molecule has 1 atom stereocenters. The summed E-state index contributed by atoms with van der Waals surface area (Å²) in [6.45, 7) is 0.412. The minimum Gasteiger partial charge on any atom is -0.490 e. The van der Waals surface area contributed by atoms with Gasteiger partial charge >= 0.3 is 0 Å². The zero-order chi connectivity index (χ0) is 10.1. The Kier molecular flexibility index (Phi) is 2.61. The molecule has 1 N–H and O–H groups in total. The summed E-state index contributed by atoms with van der Waals surface area (Å²) < 4.78 is 18.5. The van der Waals surface area contributed by atoms with Gasteiger partial charge in [0, 0.05) is 17.5 Å². The summed E-state index contributed by atoms with van der Waals surface area (Å²) in [5.74, 6) is -0.108. The fourth-order valence-electron chi connectivity index (χ4n) is 1.62. The quantitative estimate of drug-likeness (QED) is 0.778. The molecule has 0 spiro atoms. The van der Waals surface area contributed by atoms with Crippen molar-refractivity contribution in [3.8, 4) is 5.75 Å². The van der Waals surface area contributed by atoms with Crippen LogP contribution < -0.4 is 4.74 Å². The van der Waals surface area contributed by atoms with Crippen molar-refractivity contribution in [1.82, 2.24) is 0 Å². The first kappa shape index (κ1) is 9.74. The topological polar surface area (TPSA) is 29.5 Å². The average molecular weight is 217 g/mol. The van der Waals surface area contributed by atoms with E-state index in [0.717, 1.165) is 5.56 Å². The SMILES string of the molecule is OCC1COc2c(F)cc(Cl)cc2C1. The minimum absolute atomic E-state index is 0.0420. The van der Waals surface area contributed by atoms with Crippen LogP contribution in [0.4, 0.5) is 4.39 Å². The van der Waals surface area contributed by atoms with Crippen molar-refractivity contribution in [2.24, 2.45) is 5.92 Å². The normalized spacial score (nSPS) is 20.1.